The molecule has 1 amide bonds. The first kappa shape index (κ1) is 13.1. The third-order valence-electron chi connectivity index (χ3n) is 2.55. The van der Waals surface area contributed by atoms with Gasteiger partial charge in [0.25, 0.3) is 5.91 Å². The normalized spacial score (nSPS) is 12.1. The Kier molecular flexibility index (Phi) is 4.33. The highest BCUT2D eigenvalue weighted by Gasteiger charge is 2.14. The lowest BCUT2D eigenvalue weighted by atomic mass is 10.1. The minimum atomic E-state index is -0.219. The topological polar surface area (TPSA) is 42.0 Å². The Hall–Kier alpha value is -1.39. The van der Waals surface area contributed by atoms with Crippen molar-refractivity contribution in [3.8, 4) is 0 Å². The first-order chi connectivity index (χ1) is 8.68. The fraction of sp³-hybridized carbons (Fsp3) is 0.231. The molecule has 1 heterocycles. The van der Waals surface area contributed by atoms with Crippen LogP contribution in [-0.2, 0) is 0 Å². The smallest absolute Gasteiger partial charge is 0.263 e. The van der Waals surface area contributed by atoms with Gasteiger partial charge in [0.2, 0.25) is 0 Å². The van der Waals surface area contributed by atoms with E-state index in [0.717, 1.165) is 11.3 Å². The molecular formula is C13H13ClN2OS. The molecule has 0 spiro atoms. The van der Waals surface area contributed by atoms with Crippen LogP contribution in [0.1, 0.15) is 26.3 Å². The van der Waals surface area contributed by atoms with Crippen LogP contribution in [0.25, 0.3) is 0 Å². The number of carbonyl (C=O) groups excluding carboxylic acids is 1. The number of carbonyl (C=O) groups is 1. The van der Waals surface area contributed by atoms with Crippen LogP contribution in [0.2, 0.25) is 0 Å². The second kappa shape index (κ2) is 5.98. The van der Waals surface area contributed by atoms with E-state index in [2.05, 4.69) is 10.3 Å². The second-order valence-electron chi connectivity index (χ2n) is 3.86. The number of halogens is 1. The lowest BCUT2D eigenvalue weighted by molar-refractivity contribution is 0.0957. The number of amides is 1. The first-order valence-electron chi connectivity index (χ1n) is 5.56. The zero-order chi connectivity index (χ0) is 13.0. The van der Waals surface area contributed by atoms with Gasteiger partial charge in [0.1, 0.15) is 4.88 Å². The summed E-state index contributed by atoms with van der Waals surface area (Å²) in [7, 11) is 0. The van der Waals surface area contributed by atoms with Gasteiger partial charge < -0.3 is 5.32 Å². The van der Waals surface area contributed by atoms with Gasteiger partial charge in [-0.1, -0.05) is 30.3 Å². The molecule has 18 heavy (non-hydrogen) atoms. The molecule has 2 rings (SSSR count). The standard InChI is InChI=1S/C13H13ClN2OS/c1-9-12(18-8-16-9)13(17)15-7-11(14)10-5-3-2-4-6-10/h2-6,8,11H,7H2,1H3,(H,15,17). The summed E-state index contributed by atoms with van der Waals surface area (Å²) in [6, 6.07) is 9.69. The third kappa shape index (κ3) is 3.09. The fourth-order valence-electron chi connectivity index (χ4n) is 1.56. The van der Waals surface area contributed by atoms with Gasteiger partial charge >= 0.3 is 0 Å². The summed E-state index contributed by atoms with van der Waals surface area (Å²) in [6.07, 6.45) is 0. The SMILES string of the molecule is Cc1ncsc1C(=O)NCC(Cl)c1ccccc1. The van der Waals surface area contributed by atoms with E-state index in [4.69, 9.17) is 11.6 Å². The first-order valence-corrected chi connectivity index (χ1v) is 6.87. The van der Waals surface area contributed by atoms with Crippen LogP contribution in [0.4, 0.5) is 0 Å². The molecule has 3 nitrogen and oxygen atoms in total. The number of hydrogen-bond donors (Lipinski definition) is 1. The van der Waals surface area contributed by atoms with Crippen molar-refractivity contribution < 1.29 is 4.79 Å². The maximum absolute atomic E-state index is 11.9. The quantitative estimate of drug-likeness (QED) is 0.874. The number of alkyl halides is 1. The van der Waals surface area contributed by atoms with Crippen LogP contribution in [0.5, 0.6) is 0 Å². The van der Waals surface area contributed by atoms with Crippen LogP contribution in [-0.4, -0.2) is 17.4 Å². The van der Waals surface area contributed by atoms with Gasteiger partial charge in [0, 0.05) is 6.54 Å². The summed E-state index contributed by atoms with van der Waals surface area (Å²) in [4.78, 5) is 16.6. The summed E-state index contributed by atoms with van der Waals surface area (Å²) >= 11 is 7.56. The van der Waals surface area contributed by atoms with Gasteiger partial charge in [-0.25, -0.2) is 4.98 Å². The number of aryl methyl sites for hydroxylation is 1. The lowest BCUT2D eigenvalue weighted by Gasteiger charge is -2.10. The molecule has 0 radical (unpaired) electrons. The Morgan fingerprint density at radius 2 is 2.17 bits per heavy atom. The molecular weight excluding hydrogens is 268 g/mol. The Morgan fingerprint density at radius 1 is 1.44 bits per heavy atom. The van der Waals surface area contributed by atoms with Gasteiger partial charge in [-0.2, -0.15) is 0 Å². The predicted molar refractivity (Wildman–Crippen MR) is 74.2 cm³/mol. The highest BCUT2D eigenvalue weighted by atomic mass is 35.5. The summed E-state index contributed by atoms with van der Waals surface area (Å²) in [6.45, 7) is 2.22. The molecule has 0 saturated heterocycles. The molecule has 2 aromatic rings. The molecule has 1 aromatic carbocycles. The van der Waals surface area contributed by atoms with Crippen LogP contribution in [0.15, 0.2) is 35.8 Å². The van der Waals surface area contributed by atoms with Gasteiger partial charge in [-0.05, 0) is 12.5 Å². The van der Waals surface area contributed by atoms with Crippen molar-refractivity contribution in [3.63, 3.8) is 0 Å². The number of nitrogens with zero attached hydrogens (tertiary/aromatic N) is 1. The number of rotatable bonds is 4. The Balaban J connectivity index is 1.93. The van der Waals surface area contributed by atoms with E-state index in [-0.39, 0.29) is 11.3 Å². The van der Waals surface area contributed by atoms with Crippen molar-refractivity contribution >= 4 is 28.8 Å². The van der Waals surface area contributed by atoms with E-state index in [1.165, 1.54) is 11.3 Å². The van der Waals surface area contributed by atoms with Crippen LogP contribution in [0, 0.1) is 6.92 Å². The maximum Gasteiger partial charge on any atom is 0.263 e. The highest BCUT2D eigenvalue weighted by molar-refractivity contribution is 7.11. The van der Waals surface area contributed by atoms with Crippen molar-refractivity contribution in [2.45, 2.75) is 12.3 Å². The van der Waals surface area contributed by atoms with E-state index < -0.39 is 0 Å². The Bertz CT molecular complexity index is 527. The fourth-order valence-corrected chi connectivity index (χ4v) is 2.50. The molecule has 94 valence electrons. The molecule has 5 heteroatoms. The number of aromatic nitrogens is 1. The second-order valence-corrected chi connectivity index (χ2v) is 5.24. The molecule has 0 aliphatic heterocycles. The molecule has 1 N–H and O–H groups in total. The van der Waals surface area contributed by atoms with E-state index in [9.17, 15) is 4.79 Å². The van der Waals surface area contributed by atoms with Gasteiger partial charge in [-0.15, -0.1) is 22.9 Å². The number of benzene rings is 1. The molecule has 1 aromatic heterocycles. The van der Waals surface area contributed by atoms with Crippen molar-refractivity contribution in [1.82, 2.24) is 10.3 Å². The van der Waals surface area contributed by atoms with E-state index in [1.807, 2.05) is 37.3 Å². The minimum absolute atomic E-state index is 0.114. The van der Waals surface area contributed by atoms with Crippen molar-refractivity contribution in [2.75, 3.05) is 6.54 Å². The van der Waals surface area contributed by atoms with Crippen molar-refractivity contribution in [3.05, 3.63) is 52.0 Å². The highest BCUT2D eigenvalue weighted by Crippen LogP contribution is 2.19. The Morgan fingerprint density at radius 3 is 2.78 bits per heavy atom. The summed E-state index contributed by atoms with van der Waals surface area (Å²) in [5.74, 6) is -0.114. The predicted octanol–water partition coefficient (Wildman–Crippen LogP) is 3.16. The number of nitrogens with one attached hydrogen (secondary N) is 1. The number of hydrogen-bond acceptors (Lipinski definition) is 3. The van der Waals surface area contributed by atoms with Crippen LogP contribution >= 0.6 is 22.9 Å². The largest absolute Gasteiger partial charge is 0.349 e. The number of thiazole rings is 1. The molecule has 1 atom stereocenters. The average Bonchev–Trinajstić information content (AvgIpc) is 2.83. The van der Waals surface area contributed by atoms with Crippen molar-refractivity contribution in [2.24, 2.45) is 0 Å². The van der Waals surface area contributed by atoms with Gasteiger partial charge in [-0.3, -0.25) is 4.79 Å². The molecule has 0 saturated carbocycles. The molecule has 1 unspecified atom stereocenters. The zero-order valence-electron chi connectivity index (χ0n) is 9.89. The van der Waals surface area contributed by atoms with E-state index in [0.29, 0.717) is 11.4 Å². The molecule has 0 aliphatic rings. The summed E-state index contributed by atoms with van der Waals surface area (Å²) < 4.78 is 0. The molecule has 0 bridgehead atoms. The maximum atomic E-state index is 11.9. The van der Waals surface area contributed by atoms with Crippen LogP contribution in [0.3, 0.4) is 0 Å². The average molecular weight is 281 g/mol. The summed E-state index contributed by atoms with van der Waals surface area (Å²) in [5, 5.41) is 2.60. The third-order valence-corrected chi connectivity index (χ3v) is 3.89. The minimum Gasteiger partial charge on any atom is -0.349 e. The zero-order valence-corrected chi connectivity index (χ0v) is 11.5. The molecule has 0 fully saturated rings. The van der Waals surface area contributed by atoms with E-state index in [1.54, 1.807) is 5.51 Å². The van der Waals surface area contributed by atoms with Gasteiger partial charge in [0.05, 0.1) is 16.6 Å². The summed E-state index contributed by atoms with van der Waals surface area (Å²) in [5.41, 5.74) is 3.42. The van der Waals surface area contributed by atoms with Crippen LogP contribution < -0.4 is 5.32 Å². The van der Waals surface area contributed by atoms with E-state index >= 15 is 0 Å². The van der Waals surface area contributed by atoms with Gasteiger partial charge in [0.15, 0.2) is 0 Å². The van der Waals surface area contributed by atoms with Crippen molar-refractivity contribution in [1.29, 1.82) is 0 Å². The molecule has 0 aliphatic carbocycles. The monoisotopic (exact) mass is 280 g/mol. The Labute approximate surface area is 115 Å². The lowest BCUT2D eigenvalue weighted by Crippen LogP contribution is -2.26.